The molecule has 24 nitrogen and oxygen atoms in total. The number of aliphatic hydroxyl groups is 10. The average Bonchev–Trinajstić information content (AvgIpc) is 0.789. The van der Waals surface area contributed by atoms with Crippen molar-refractivity contribution in [1.82, 2.24) is 0 Å². The van der Waals surface area contributed by atoms with Gasteiger partial charge < -0.3 is 89.1 Å². The summed E-state index contributed by atoms with van der Waals surface area (Å²) in [4.78, 5) is 50.8. The first-order chi connectivity index (χ1) is 44.3. The number of phosphoric ester groups is 1. The van der Waals surface area contributed by atoms with E-state index in [4.69, 9.17) is 42.2 Å². The van der Waals surface area contributed by atoms with Crippen molar-refractivity contribution in [1.29, 1.82) is 0 Å². The molecule has 3 rings (SSSR count). The predicted octanol–water partition coefficient (Wildman–Crippen LogP) is 8.62. The van der Waals surface area contributed by atoms with Gasteiger partial charge in [0.1, 0.15) is 98.7 Å². The summed E-state index contributed by atoms with van der Waals surface area (Å²) in [5.74, 6) is -1.98. The Morgan fingerprint density at radius 3 is 1.07 bits per heavy atom. The normalized spacial score (nSPS) is 28.6. The molecule has 2 aliphatic heterocycles. The average molecular weight is 1350 g/mol. The Bertz CT molecular complexity index is 1920. The van der Waals surface area contributed by atoms with Crippen LogP contribution in [0, 0.1) is 0 Å². The maximum Gasteiger partial charge on any atom is 0.472 e. The van der Waals surface area contributed by atoms with E-state index >= 15 is 0 Å². The van der Waals surface area contributed by atoms with Crippen molar-refractivity contribution < 1.29 is 117 Å². The molecule has 1 saturated carbocycles. The zero-order chi connectivity index (χ0) is 67.5. The molecule has 0 spiro atoms. The van der Waals surface area contributed by atoms with Crippen LogP contribution >= 0.6 is 7.82 Å². The summed E-state index contributed by atoms with van der Waals surface area (Å²) in [5, 5.41) is 110. The number of aliphatic hydroxyl groups excluding tert-OH is 10. The number of hydrogen-bond acceptors (Lipinski definition) is 23. The zero-order valence-electron chi connectivity index (χ0n) is 56.1. The monoisotopic (exact) mass is 1340 g/mol. The summed E-state index contributed by atoms with van der Waals surface area (Å²) >= 11 is 0. The quantitative estimate of drug-likeness (QED) is 0.0117. The van der Waals surface area contributed by atoms with Gasteiger partial charge in [-0.05, 0) is 19.3 Å². The van der Waals surface area contributed by atoms with E-state index in [0.717, 1.165) is 96.3 Å². The molecule has 25 heteroatoms. The molecule has 0 bridgehead atoms. The molecular weight excluding hydrogens is 1220 g/mol. The summed E-state index contributed by atoms with van der Waals surface area (Å²) in [6, 6.07) is 0. The van der Waals surface area contributed by atoms with Gasteiger partial charge in [0.15, 0.2) is 18.7 Å². The van der Waals surface area contributed by atoms with E-state index < -0.39 is 156 Å². The van der Waals surface area contributed by atoms with Crippen molar-refractivity contribution >= 4 is 25.7 Å². The molecule has 0 aromatic heterocycles. The second kappa shape index (κ2) is 50.3. The molecule has 3 aliphatic rings. The van der Waals surface area contributed by atoms with Crippen molar-refractivity contribution in [3.8, 4) is 0 Å². The minimum atomic E-state index is -5.68. The minimum Gasteiger partial charge on any atom is -0.463 e. The van der Waals surface area contributed by atoms with Gasteiger partial charge in [0.05, 0.1) is 13.2 Å². The first-order valence-corrected chi connectivity index (χ1v) is 37.3. The van der Waals surface area contributed by atoms with Gasteiger partial charge in [-0.3, -0.25) is 23.4 Å². The SMILES string of the molecule is CCCCCCCCCCCCCCCCC(=O)OC(COC(=O)CCCCCCCCCCCCCC)COP(=O)(O)OC1C(OC2OC(CO)C(O)C(O)C2O)C(O)C(O)C(O)C1OC1OC(COC(=O)CCCCCCCCCCCCC)C(O)C(O)C1O. The molecule has 2 heterocycles. The van der Waals surface area contributed by atoms with Crippen LogP contribution in [0.1, 0.15) is 278 Å². The van der Waals surface area contributed by atoms with E-state index in [9.17, 15) is 74.9 Å². The topological polar surface area (TPSA) is 374 Å². The van der Waals surface area contributed by atoms with E-state index in [1.807, 2.05) is 0 Å². The Balaban J connectivity index is 1.76. The Morgan fingerprint density at radius 1 is 0.380 bits per heavy atom. The summed E-state index contributed by atoms with van der Waals surface area (Å²) in [6.45, 7) is 3.42. The first kappa shape index (κ1) is 84.2. The van der Waals surface area contributed by atoms with E-state index in [-0.39, 0.29) is 19.3 Å². The highest BCUT2D eigenvalue weighted by molar-refractivity contribution is 7.47. The molecule has 18 unspecified atom stereocenters. The van der Waals surface area contributed by atoms with E-state index in [1.165, 1.54) is 122 Å². The number of carbonyl (C=O) groups is 3. The highest BCUT2D eigenvalue weighted by Crippen LogP contribution is 2.49. The number of unbranched alkanes of at least 4 members (excludes halogenated alkanes) is 34. The molecule has 542 valence electrons. The number of rotatable bonds is 55. The Kier molecular flexibility index (Phi) is 46.0. The van der Waals surface area contributed by atoms with Crippen LogP contribution in [-0.4, -0.2) is 204 Å². The minimum absolute atomic E-state index is 0.0327. The molecule has 1 aliphatic carbocycles. The van der Waals surface area contributed by atoms with E-state index in [1.54, 1.807) is 0 Å². The second-order valence-corrected chi connectivity index (χ2v) is 27.4. The van der Waals surface area contributed by atoms with Gasteiger partial charge in [0.2, 0.25) is 0 Å². The van der Waals surface area contributed by atoms with Crippen LogP contribution in [0.15, 0.2) is 0 Å². The maximum absolute atomic E-state index is 14.3. The summed E-state index contributed by atoms with van der Waals surface area (Å²) in [5.41, 5.74) is 0. The lowest BCUT2D eigenvalue weighted by Crippen LogP contribution is -2.69. The van der Waals surface area contributed by atoms with Crippen molar-refractivity contribution in [2.24, 2.45) is 0 Å². The highest BCUT2D eigenvalue weighted by atomic mass is 31.2. The van der Waals surface area contributed by atoms with Crippen LogP contribution in [0.25, 0.3) is 0 Å². The third-order valence-corrected chi connectivity index (χ3v) is 18.9. The predicted molar refractivity (Wildman–Crippen MR) is 342 cm³/mol. The lowest BCUT2D eigenvalue weighted by Gasteiger charge is -2.49. The Morgan fingerprint density at radius 2 is 0.696 bits per heavy atom. The molecule has 0 amide bonds. The fourth-order valence-electron chi connectivity index (χ4n) is 12.0. The summed E-state index contributed by atoms with van der Waals surface area (Å²) in [7, 11) is -5.68. The number of hydrogen-bond donors (Lipinski definition) is 11. The standard InChI is InChI=1S/C67H125O24P/c1-4-7-10-13-16-19-22-24-25-28-31-34-37-40-43-53(71)86-48(45-83-51(69)41-38-35-32-30-27-23-20-17-14-11-8-5-2)46-85-92(81,82)91-65-63(89-66-61(79)56(74)54(72)49(44-68)87-66)59(77)58(76)60(78)64(65)90-67-62(80)57(75)55(73)50(88-67)47-84-52(70)42-39-36-33-29-26-21-18-15-12-9-6-3/h48-50,54-68,72-80H,4-47H2,1-3H3,(H,81,82). The maximum atomic E-state index is 14.3. The summed E-state index contributed by atoms with van der Waals surface area (Å²) in [6.07, 6.45) is 4.87. The second-order valence-electron chi connectivity index (χ2n) is 26.0. The fourth-order valence-corrected chi connectivity index (χ4v) is 13.0. The van der Waals surface area contributed by atoms with Crippen LogP contribution in [0.2, 0.25) is 0 Å². The molecule has 11 N–H and O–H groups in total. The number of carbonyl (C=O) groups excluding carboxylic acids is 3. The van der Waals surface area contributed by atoms with Gasteiger partial charge in [-0.15, -0.1) is 0 Å². The smallest absolute Gasteiger partial charge is 0.463 e. The van der Waals surface area contributed by atoms with Crippen molar-refractivity contribution in [3.05, 3.63) is 0 Å². The van der Waals surface area contributed by atoms with Crippen molar-refractivity contribution in [3.63, 3.8) is 0 Å². The number of phosphoric acid groups is 1. The van der Waals surface area contributed by atoms with Crippen LogP contribution < -0.4 is 0 Å². The molecular formula is C67H125O24P. The van der Waals surface area contributed by atoms with Crippen LogP contribution in [0.3, 0.4) is 0 Å². The van der Waals surface area contributed by atoms with Crippen molar-refractivity contribution in [2.75, 3.05) is 26.4 Å². The highest BCUT2D eigenvalue weighted by Gasteiger charge is 2.58. The van der Waals surface area contributed by atoms with Crippen LogP contribution in [-0.2, 0) is 61.2 Å². The largest absolute Gasteiger partial charge is 0.472 e. The van der Waals surface area contributed by atoms with Gasteiger partial charge in [-0.1, -0.05) is 239 Å². The summed E-state index contributed by atoms with van der Waals surface area (Å²) < 4.78 is 64.8. The third-order valence-electron chi connectivity index (χ3n) is 17.9. The lowest BCUT2D eigenvalue weighted by atomic mass is 9.84. The molecule has 0 radical (unpaired) electrons. The van der Waals surface area contributed by atoms with E-state index in [2.05, 4.69) is 20.8 Å². The van der Waals surface area contributed by atoms with Gasteiger partial charge >= 0.3 is 25.7 Å². The van der Waals surface area contributed by atoms with Gasteiger partial charge in [-0.2, -0.15) is 0 Å². The van der Waals surface area contributed by atoms with Crippen LogP contribution in [0.4, 0.5) is 0 Å². The van der Waals surface area contributed by atoms with Gasteiger partial charge in [-0.25, -0.2) is 4.57 Å². The third kappa shape index (κ3) is 34.0. The Labute approximate surface area is 549 Å². The molecule has 0 aromatic carbocycles. The fraction of sp³-hybridized carbons (Fsp3) is 0.955. The number of esters is 3. The molecule has 18 atom stereocenters. The number of ether oxygens (including phenoxy) is 7. The molecule has 3 fully saturated rings. The first-order valence-electron chi connectivity index (χ1n) is 35.8. The molecule has 0 aromatic rings. The van der Waals surface area contributed by atoms with E-state index in [0.29, 0.717) is 19.3 Å². The van der Waals surface area contributed by atoms with Crippen LogP contribution in [0.5, 0.6) is 0 Å². The zero-order valence-corrected chi connectivity index (χ0v) is 57.0. The molecule has 2 saturated heterocycles. The van der Waals surface area contributed by atoms with Gasteiger partial charge in [0, 0.05) is 19.3 Å². The lowest BCUT2D eigenvalue weighted by molar-refractivity contribution is -0.360. The Hall–Kier alpha value is -2.04. The van der Waals surface area contributed by atoms with Crippen molar-refractivity contribution in [2.45, 2.75) is 382 Å². The van der Waals surface area contributed by atoms with Gasteiger partial charge in [0.25, 0.3) is 0 Å². The molecule has 92 heavy (non-hydrogen) atoms.